The Balaban J connectivity index is 1.88. The van der Waals surface area contributed by atoms with E-state index in [9.17, 15) is 23.5 Å². The summed E-state index contributed by atoms with van der Waals surface area (Å²) in [5.41, 5.74) is -1.33. The SMILES string of the molecule is COc1c(F)cc(C(=O)N2C[C@@H]3CCOC[C@]3(C(=O)O)C2)cc1F. The third-order valence-electron chi connectivity index (χ3n) is 4.83. The minimum Gasteiger partial charge on any atom is -0.491 e. The molecule has 0 saturated carbocycles. The summed E-state index contributed by atoms with van der Waals surface area (Å²) >= 11 is 0. The number of methoxy groups -OCH3 is 1. The van der Waals surface area contributed by atoms with Gasteiger partial charge in [0.15, 0.2) is 17.4 Å². The van der Waals surface area contributed by atoms with E-state index in [1.807, 2.05) is 0 Å². The van der Waals surface area contributed by atoms with Crippen molar-refractivity contribution in [3.63, 3.8) is 0 Å². The highest BCUT2D eigenvalue weighted by Crippen LogP contribution is 2.42. The first-order chi connectivity index (χ1) is 11.4. The Labute approximate surface area is 137 Å². The Morgan fingerprint density at radius 3 is 2.58 bits per heavy atom. The number of carbonyl (C=O) groups excluding carboxylic acids is 1. The van der Waals surface area contributed by atoms with Crippen LogP contribution in [0.1, 0.15) is 16.8 Å². The fourth-order valence-corrected chi connectivity index (χ4v) is 3.51. The lowest BCUT2D eigenvalue weighted by Gasteiger charge is -2.33. The predicted molar refractivity (Wildman–Crippen MR) is 77.8 cm³/mol. The van der Waals surface area contributed by atoms with E-state index in [2.05, 4.69) is 4.74 Å². The lowest BCUT2D eigenvalue weighted by atomic mass is 9.76. The molecule has 3 rings (SSSR count). The first kappa shape index (κ1) is 16.6. The number of aliphatic carboxylic acids is 1. The molecule has 0 radical (unpaired) electrons. The number of hydrogen-bond donors (Lipinski definition) is 1. The van der Waals surface area contributed by atoms with Crippen LogP contribution in [0.15, 0.2) is 12.1 Å². The second-order valence-corrected chi connectivity index (χ2v) is 6.16. The Kier molecular flexibility index (Phi) is 4.16. The fraction of sp³-hybridized carbons (Fsp3) is 0.500. The van der Waals surface area contributed by atoms with Crippen LogP contribution < -0.4 is 4.74 Å². The number of fused-ring (bicyclic) bond motifs is 1. The number of benzene rings is 1. The highest BCUT2D eigenvalue weighted by atomic mass is 19.1. The average molecular weight is 341 g/mol. The highest BCUT2D eigenvalue weighted by molar-refractivity contribution is 5.95. The molecule has 1 amide bonds. The van der Waals surface area contributed by atoms with E-state index in [1.165, 1.54) is 4.90 Å². The molecular formula is C16H17F2NO5. The number of rotatable bonds is 3. The number of ether oxygens (including phenoxy) is 2. The van der Waals surface area contributed by atoms with Gasteiger partial charge in [-0.3, -0.25) is 9.59 Å². The maximum Gasteiger partial charge on any atom is 0.314 e. The zero-order chi connectivity index (χ0) is 17.5. The van der Waals surface area contributed by atoms with Crippen molar-refractivity contribution in [2.75, 3.05) is 33.4 Å². The van der Waals surface area contributed by atoms with Gasteiger partial charge < -0.3 is 19.5 Å². The van der Waals surface area contributed by atoms with Crippen LogP contribution >= 0.6 is 0 Å². The van der Waals surface area contributed by atoms with Gasteiger partial charge in [-0.25, -0.2) is 8.78 Å². The van der Waals surface area contributed by atoms with E-state index in [0.717, 1.165) is 19.2 Å². The summed E-state index contributed by atoms with van der Waals surface area (Å²) in [7, 11) is 1.13. The summed E-state index contributed by atoms with van der Waals surface area (Å²) in [6.45, 7) is 0.653. The van der Waals surface area contributed by atoms with Crippen LogP contribution in [-0.4, -0.2) is 55.3 Å². The van der Waals surface area contributed by atoms with Gasteiger partial charge in [0, 0.05) is 25.3 Å². The average Bonchev–Trinajstić information content (AvgIpc) is 2.94. The second-order valence-electron chi connectivity index (χ2n) is 6.16. The van der Waals surface area contributed by atoms with Gasteiger partial charge in [-0.2, -0.15) is 0 Å². The zero-order valence-electron chi connectivity index (χ0n) is 13.1. The number of hydrogen-bond acceptors (Lipinski definition) is 4. The summed E-state index contributed by atoms with van der Waals surface area (Å²) in [4.78, 5) is 25.6. The van der Waals surface area contributed by atoms with Crippen LogP contribution in [0.4, 0.5) is 8.78 Å². The van der Waals surface area contributed by atoms with E-state index in [0.29, 0.717) is 13.0 Å². The van der Waals surface area contributed by atoms with Crippen LogP contribution in [0.3, 0.4) is 0 Å². The van der Waals surface area contributed by atoms with Crippen molar-refractivity contribution in [2.45, 2.75) is 6.42 Å². The summed E-state index contributed by atoms with van der Waals surface area (Å²) in [5, 5.41) is 9.57. The van der Waals surface area contributed by atoms with Gasteiger partial charge in [-0.1, -0.05) is 0 Å². The third kappa shape index (κ3) is 2.50. The second kappa shape index (κ2) is 6.01. The van der Waals surface area contributed by atoms with E-state index >= 15 is 0 Å². The minimum absolute atomic E-state index is 0.0299. The Bertz CT molecular complexity index is 672. The molecular weight excluding hydrogens is 324 g/mol. The van der Waals surface area contributed by atoms with Gasteiger partial charge in [0.1, 0.15) is 5.41 Å². The van der Waals surface area contributed by atoms with Crippen molar-refractivity contribution in [2.24, 2.45) is 11.3 Å². The molecule has 1 aromatic rings. The summed E-state index contributed by atoms with van der Waals surface area (Å²) in [5.74, 6) is -4.37. The van der Waals surface area contributed by atoms with E-state index in [1.54, 1.807) is 0 Å². The highest BCUT2D eigenvalue weighted by Gasteiger charge is 2.55. The van der Waals surface area contributed by atoms with E-state index < -0.39 is 34.7 Å². The number of carboxylic acids is 1. The van der Waals surface area contributed by atoms with Crippen molar-refractivity contribution in [3.05, 3.63) is 29.3 Å². The molecule has 1 aromatic carbocycles. The molecule has 1 N–H and O–H groups in total. The topological polar surface area (TPSA) is 76.1 Å². The van der Waals surface area contributed by atoms with Crippen LogP contribution in [-0.2, 0) is 9.53 Å². The smallest absolute Gasteiger partial charge is 0.314 e. The first-order valence-electron chi connectivity index (χ1n) is 7.52. The minimum atomic E-state index is -1.16. The number of likely N-dealkylation sites (tertiary alicyclic amines) is 1. The Morgan fingerprint density at radius 2 is 2.04 bits per heavy atom. The summed E-state index contributed by atoms with van der Waals surface area (Å²) < 4.78 is 37.5. The normalized spacial score (nSPS) is 26.1. The quantitative estimate of drug-likeness (QED) is 0.902. The van der Waals surface area contributed by atoms with Gasteiger partial charge >= 0.3 is 5.97 Å². The van der Waals surface area contributed by atoms with Gasteiger partial charge in [0.05, 0.1) is 13.7 Å². The fourth-order valence-electron chi connectivity index (χ4n) is 3.51. The van der Waals surface area contributed by atoms with Crippen LogP contribution in [0.5, 0.6) is 5.75 Å². The Morgan fingerprint density at radius 1 is 1.38 bits per heavy atom. The van der Waals surface area contributed by atoms with Gasteiger partial charge in [0.2, 0.25) is 0 Å². The Hall–Kier alpha value is -2.22. The molecule has 2 atom stereocenters. The molecule has 2 heterocycles. The molecule has 2 aliphatic heterocycles. The van der Waals surface area contributed by atoms with E-state index in [4.69, 9.17) is 4.74 Å². The van der Waals surface area contributed by atoms with Gasteiger partial charge in [0.25, 0.3) is 5.91 Å². The monoisotopic (exact) mass is 341 g/mol. The molecule has 2 aliphatic rings. The van der Waals surface area contributed by atoms with Crippen molar-refractivity contribution < 1.29 is 33.0 Å². The van der Waals surface area contributed by atoms with Crippen molar-refractivity contribution in [1.82, 2.24) is 4.90 Å². The van der Waals surface area contributed by atoms with Crippen LogP contribution in [0, 0.1) is 23.0 Å². The molecule has 2 fully saturated rings. The number of carboxylic acid groups (broad SMARTS) is 1. The third-order valence-corrected chi connectivity index (χ3v) is 4.83. The van der Waals surface area contributed by atoms with Crippen LogP contribution in [0.25, 0.3) is 0 Å². The van der Waals surface area contributed by atoms with Gasteiger partial charge in [-0.15, -0.1) is 0 Å². The molecule has 0 spiro atoms. The standard InChI is InChI=1S/C16H17F2NO5/c1-23-13-11(17)4-9(5-12(13)18)14(20)19-6-10-2-3-24-8-16(10,7-19)15(21)22/h4-5,10H,2-3,6-8H2,1H3,(H,21,22)/t10-,16+/m0/s1. The first-order valence-corrected chi connectivity index (χ1v) is 7.52. The van der Waals surface area contributed by atoms with Crippen LogP contribution in [0.2, 0.25) is 0 Å². The number of amides is 1. The maximum atomic E-state index is 13.8. The number of carbonyl (C=O) groups is 2. The molecule has 0 unspecified atom stereocenters. The molecule has 0 aromatic heterocycles. The molecule has 0 aliphatic carbocycles. The number of halogens is 2. The predicted octanol–water partition coefficient (Wildman–Crippen LogP) is 1.54. The lowest BCUT2D eigenvalue weighted by Crippen LogP contribution is -2.46. The lowest BCUT2D eigenvalue weighted by molar-refractivity contribution is -0.159. The van der Waals surface area contributed by atoms with E-state index in [-0.39, 0.29) is 31.2 Å². The molecule has 6 nitrogen and oxygen atoms in total. The van der Waals surface area contributed by atoms with Crippen molar-refractivity contribution >= 4 is 11.9 Å². The molecule has 2 saturated heterocycles. The van der Waals surface area contributed by atoms with Crippen molar-refractivity contribution in [3.8, 4) is 5.75 Å². The maximum absolute atomic E-state index is 13.8. The molecule has 8 heteroatoms. The summed E-state index contributed by atoms with van der Waals surface area (Å²) in [6, 6.07) is 1.80. The molecule has 0 bridgehead atoms. The van der Waals surface area contributed by atoms with Crippen molar-refractivity contribution in [1.29, 1.82) is 0 Å². The zero-order valence-corrected chi connectivity index (χ0v) is 13.1. The molecule has 130 valence electrons. The largest absolute Gasteiger partial charge is 0.491 e. The summed E-state index contributed by atoms with van der Waals surface area (Å²) in [6.07, 6.45) is 0.529. The molecule has 24 heavy (non-hydrogen) atoms. The van der Waals surface area contributed by atoms with Gasteiger partial charge in [-0.05, 0) is 24.5 Å². The number of nitrogens with zero attached hydrogens (tertiary/aromatic N) is 1.